The molecule has 6 nitrogen and oxygen atoms in total. The second-order valence-electron chi connectivity index (χ2n) is 6.18. The van der Waals surface area contributed by atoms with Gasteiger partial charge in [-0.1, -0.05) is 26.0 Å². The first-order chi connectivity index (χ1) is 11.0. The van der Waals surface area contributed by atoms with Gasteiger partial charge >= 0.3 is 0 Å². The van der Waals surface area contributed by atoms with E-state index in [4.69, 9.17) is 5.84 Å². The van der Waals surface area contributed by atoms with Crippen LogP contribution in [0.1, 0.15) is 38.2 Å². The number of nitrogens with zero attached hydrogens (tertiary/aromatic N) is 2. The van der Waals surface area contributed by atoms with Crippen molar-refractivity contribution in [1.29, 1.82) is 0 Å². The molecule has 0 saturated carbocycles. The second-order valence-corrected chi connectivity index (χ2v) is 6.18. The minimum atomic E-state index is -0.303. The summed E-state index contributed by atoms with van der Waals surface area (Å²) < 4.78 is 0. The summed E-state index contributed by atoms with van der Waals surface area (Å²) in [6.07, 6.45) is 0.359. The summed E-state index contributed by atoms with van der Waals surface area (Å²) in [5, 5.41) is 0. The van der Waals surface area contributed by atoms with Gasteiger partial charge < -0.3 is 9.80 Å². The van der Waals surface area contributed by atoms with Crippen LogP contribution in [0.3, 0.4) is 0 Å². The summed E-state index contributed by atoms with van der Waals surface area (Å²) in [5.41, 5.74) is 4.58. The number of nitrogens with two attached hydrogens (primary N) is 1. The number of anilines is 1. The number of hydrogen-bond acceptors (Lipinski definition) is 4. The molecule has 0 spiro atoms. The topological polar surface area (TPSA) is 78.7 Å². The van der Waals surface area contributed by atoms with Gasteiger partial charge in [-0.15, -0.1) is 0 Å². The van der Waals surface area contributed by atoms with Crippen molar-refractivity contribution in [2.24, 2.45) is 5.84 Å². The predicted octanol–water partition coefficient (Wildman–Crippen LogP) is 1.23. The van der Waals surface area contributed by atoms with Crippen molar-refractivity contribution in [2.45, 2.75) is 32.6 Å². The van der Waals surface area contributed by atoms with Gasteiger partial charge in [-0.2, -0.15) is 0 Å². The normalized spacial score (nSPS) is 15.0. The van der Waals surface area contributed by atoms with E-state index in [0.29, 0.717) is 19.0 Å². The van der Waals surface area contributed by atoms with Gasteiger partial charge in [0.25, 0.3) is 0 Å². The van der Waals surface area contributed by atoms with Crippen molar-refractivity contribution >= 4 is 17.5 Å². The van der Waals surface area contributed by atoms with Crippen LogP contribution in [0.4, 0.5) is 5.69 Å². The van der Waals surface area contributed by atoms with Crippen LogP contribution in [-0.4, -0.2) is 42.9 Å². The van der Waals surface area contributed by atoms with Crippen molar-refractivity contribution in [3.8, 4) is 0 Å². The van der Waals surface area contributed by atoms with E-state index >= 15 is 0 Å². The van der Waals surface area contributed by atoms with Crippen molar-refractivity contribution in [3.63, 3.8) is 0 Å². The zero-order valence-corrected chi connectivity index (χ0v) is 13.9. The number of amides is 2. The monoisotopic (exact) mass is 318 g/mol. The van der Waals surface area contributed by atoms with Crippen molar-refractivity contribution in [3.05, 3.63) is 29.8 Å². The number of rotatable bonds is 5. The maximum absolute atomic E-state index is 12.1. The highest BCUT2D eigenvalue weighted by Gasteiger charge is 2.21. The Bertz CT molecular complexity index is 534. The van der Waals surface area contributed by atoms with Gasteiger partial charge in [-0.25, -0.2) is 5.84 Å². The summed E-state index contributed by atoms with van der Waals surface area (Å²) in [4.78, 5) is 27.3. The number of carbonyl (C=O) groups excluding carboxylic acids is 2. The summed E-state index contributed by atoms with van der Waals surface area (Å²) in [6.45, 7) is 7.38. The molecule has 0 atom stereocenters. The van der Waals surface area contributed by atoms with E-state index < -0.39 is 0 Å². The second kappa shape index (κ2) is 7.97. The number of carbonyl (C=O) groups is 2. The van der Waals surface area contributed by atoms with Crippen LogP contribution in [0.2, 0.25) is 0 Å². The molecule has 0 aliphatic carbocycles. The molecular weight excluding hydrogens is 292 g/mol. The maximum Gasteiger partial charge on any atom is 0.234 e. The first-order valence-corrected chi connectivity index (χ1v) is 8.13. The van der Waals surface area contributed by atoms with Crippen LogP contribution in [0.5, 0.6) is 0 Å². The Balaban J connectivity index is 1.83. The van der Waals surface area contributed by atoms with Crippen molar-refractivity contribution in [2.75, 3.05) is 31.1 Å². The molecule has 2 rings (SSSR count). The molecule has 0 unspecified atom stereocenters. The van der Waals surface area contributed by atoms with E-state index in [9.17, 15) is 9.59 Å². The highest BCUT2D eigenvalue weighted by atomic mass is 16.2. The molecule has 1 aromatic rings. The molecule has 1 fully saturated rings. The number of hydrogen-bond donors (Lipinski definition) is 2. The molecule has 0 radical (unpaired) electrons. The van der Waals surface area contributed by atoms with Gasteiger partial charge in [-0.3, -0.25) is 15.0 Å². The van der Waals surface area contributed by atoms with E-state index in [1.54, 1.807) is 0 Å². The quantitative estimate of drug-likeness (QED) is 0.486. The van der Waals surface area contributed by atoms with E-state index in [2.05, 4.69) is 43.0 Å². The summed E-state index contributed by atoms with van der Waals surface area (Å²) in [7, 11) is 0. The predicted molar refractivity (Wildman–Crippen MR) is 90.9 cm³/mol. The molecule has 23 heavy (non-hydrogen) atoms. The fraction of sp³-hybridized carbons (Fsp3) is 0.529. The van der Waals surface area contributed by atoms with Gasteiger partial charge in [0.05, 0.1) is 0 Å². The van der Waals surface area contributed by atoms with E-state index in [1.807, 2.05) is 10.3 Å². The average molecular weight is 318 g/mol. The highest BCUT2D eigenvalue weighted by molar-refractivity contribution is 5.83. The fourth-order valence-electron chi connectivity index (χ4n) is 2.73. The van der Waals surface area contributed by atoms with Crippen molar-refractivity contribution in [1.82, 2.24) is 10.3 Å². The lowest BCUT2D eigenvalue weighted by Crippen LogP contribution is -2.49. The van der Waals surface area contributed by atoms with Crippen LogP contribution >= 0.6 is 0 Å². The minimum absolute atomic E-state index is 0.0170. The first kappa shape index (κ1) is 17.3. The highest BCUT2D eigenvalue weighted by Crippen LogP contribution is 2.21. The first-order valence-electron chi connectivity index (χ1n) is 8.13. The Morgan fingerprint density at radius 1 is 1.09 bits per heavy atom. The third-order valence-corrected chi connectivity index (χ3v) is 4.28. The van der Waals surface area contributed by atoms with Crippen LogP contribution in [-0.2, 0) is 9.59 Å². The van der Waals surface area contributed by atoms with Crippen LogP contribution in [0, 0.1) is 0 Å². The number of nitrogens with one attached hydrogen (secondary N) is 1. The van der Waals surface area contributed by atoms with Gasteiger partial charge in [0, 0.05) is 44.7 Å². The smallest absolute Gasteiger partial charge is 0.234 e. The molecular formula is C17H26N4O2. The molecule has 1 aliphatic heterocycles. The van der Waals surface area contributed by atoms with Gasteiger partial charge in [0.2, 0.25) is 11.8 Å². The fourth-order valence-corrected chi connectivity index (χ4v) is 2.73. The molecule has 1 aliphatic rings. The zero-order valence-electron chi connectivity index (χ0n) is 13.9. The Kier molecular flexibility index (Phi) is 5.98. The molecule has 0 bridgehead atoms. The standard InChI is InChI=1S/C17H26N4O2/c1-13(2)14-3-5-15(6-4-14)20-9-11-21(12-10-20)17(23)8-7-16(22)19-18/h3-6,13H,7-12,18H2,1-2H3,(H,19,22). The van der Waals surface area contributed by atoms with Gasteiger partial charge in [0.15, 0.2) is 0 Å². The van der Waals surface area contributed by atoms with Gasteiger partial charge in [0.1, 0.15) is 0 Å². The van der Waals surface area contributed by atoms with Crippen LogP contribution in [0.15, 0.2) is 24.3 Å². The van der Waals surface area contributed by atoms with E-state index in [1.165, 1.54) is 11.3 Å². The zero-order chi connectivity index (χ0) is 16.8. The number of benzene rings is 1. The Hall–Kier alpha value is -2.08. The van der Waals surface area contributed by atoms with Crippen LogP contribution in [0.25, 0.3) is 0 Å². The lowest BCUT2D eigenvalue weighted by molar-refractivity contribution is -0.133. The van der Waals surface area contributed by atoms with Crippen molar-refractivity contribution < 1.29 is 9.59 Å². The maximum atomic E-state index is 12.1. The van der Waals surface area contributed by atoms with E-state index in [-0.39, 0.29) is 24.7 Å². The van der Waals surface area contributed by atoms with Crippen LogP contribution < -0.4 is 16.2 Å². The molecule has 0 aromatic heterocycles. The minimum Gasteiger partial charge on any atom is -0.368 e. The Morgan fingerprint density at radius 2 is 1.70 bits per heavy atom. The number of piperazine rings is 1. The molecule has 6 heteroatoms. The third-order valence-electron chi connectivity index (χ3n) is 4.28. The summed E-state index contributed by atoms with van der Waals surface area (Å²) >= 11 is 0. The summed E-state index contributed by atoms with van der Waals surface area (Å²) in [6, 6.07) is 8.64. The van der Waals surface area contributed by atoms with Gasteiger partial charge in [-0.05, 0) is 23.6 Å². The largest absolute Gasteiger partial charge is 0.368 e. The molecule has 126 valence electrons. The molecule has 1 aromatic carbocycles. The molecule has 3 N–H and O–H groups in total. The molecule has 2 amide bonds. The Morgan fingerprint density at radius 3 is 2.22 bits per heavy atom. The lowest BCUT2D eigenvalue weighted by Gasteiger charge is -2.36. The van der Waals surface area contributed by atoms with E-state index in [0.717, 1.165) is 13.1 Å². The third kappa shape index (κ3) is 4.69. The molecule has 1 heterocycles. The number of hydrazine groups is 1. The molecule has 1 saturated heterocycles. The summed E-state index contributed by atoms with van der Waals surface area (Å²) in [5.74, 6) is 5.26. The SMILES string of the molecule is CC(C)c1ccc(N2CCN(C(=O)CCC(=O)NN)CC2)cc1. The average Bonchev–Trinajstić information content (AvgIpc) is 2.59. The Labute approximate surface area is 137 Å². The lowest BCUT2D eigenvalue weighted by atomic mass is 10.0.